The second-order valence-corrected chi connectivity index (χ2v) is 10.7. The Bertz CT molecular complexity index is 1700. The van der Waals surface area contributed by atoms with E-state index in [0.29, 0.717) is 5.92 Å². The van der Waals surface area contributed by atoms with Gasteiger partial charge >= 0.3 is 0 Å². The number of nitrogens with zero attached hydrogens (tertiary/aromatic N) is 7. The van der Waals surface area contributed by atoms with Gasteiger partial charge in [0.15, 0.2) is 0 Å². The van der Waals surface area contributed by atoms with Crippen molar-refractivity contribution in [3.63, 3.8) is 0 Å². The molecule has 5 aromatic heterocycles. The van der Waals surface area contributed by atoms with Crippen LogP contribution in [0.25, 0.3) is 44.6 Å². The van der Waals surface area contributed by atoms with Crippen molar-refractivity contribution in [2.24, 2.45) is 13.0 Å². The van der Waals surface area contributed by atoms with Crippen molar-refractivity contribution in [1.82, 2.24) is 34.7 Å². The van der Waals surface area contributed by atoms with E-state index in [4.69, 9.17) is 19.2 Å². The largest absolute Gasteiger partial charge is 0.381 e. The van der Waals surface area contributed by atoms with Crippen LogP contribution < -0.4 is 0 Å². The highest BCUT2D eigenvalue weighted by molar-refractivity contribution is 6.06. The fourth-order valence-electron chi connectivity index (χ4n) is 6.34. The monoisotopic (exact) mass is 533 g/mol. The maximum atomic E-state index is 5.80. The third-order valence-electron chi connectivity index (χ3n) is 8.18. The first-order valence-electron chi connectivity index (χ1n) is 13.7. The van der Waals surface area contributed by atoms with Gasteiger partial charge < -0.3 is 13.8 Å². The maximum absolute atomic E-state index is 5.80. The molecule has 202 valence electrons. The molecule has 0 spiro atoms. The summed E-state index contributed by atoms with van der Waals surface area (Å²) in [6.45, 7) is 7.39. The number of fused-ring (bicyclic) bond motifs is 3. The Morgan fingerprint density at radius 3 is 2.48 bits per heavy atom. The summed E-state index contributed by atoms with van der Waals surface area (Å²) in [6.07, 6.45) is 3.87. The van der Waals surface area contributed by atoms with Gasteiger partial charge in [-0.15, -0.1) is 5.10 Å². The molecule has 40 heavy (non-hydrogen) atoms. The van der Waals surface area contributed by atoms with Crippen LogP contribution >= 0.6 is 0 Å². The fourth-order valence-corrected chi connectivity index (χ4v) is 6.34. The molecule has 0 N–H and O–H groups in total. The zero-order valence-electron chi connectivity index (χ0n) is 23.1. The summed E-state index contributed by atoms with van der Waals surface area (Å²) >= 11 is 0. The van der Waals surface area contributed by atoms with Crippen molar-refractivity contribution in [1.29, 1.82) is 0 Å². The van der Waals surface area contributed by atoms with E-state index in [-0.39, 0.29) is 6.04 Å². The number of aryl methyl sites for hydroxylation is 4. The summed E-state index contributed by atoms with van der Waals surface area (Å²) < 4.78 is 15.5. The number of pyridine rings is 2. The molecular weight excluding hydrogens is 502 g/mol. The zero-order valence-corrected chi connectivity index (χ0v) is 23.1. The summed E-state index contributed by atoms with van der Waals surface area (Å²) in [7, 11) is 1.92. The minimum Gasteiger partial charge on any atom is -0.381 e. The Morgan fingerprint density at radius 1 is 0.975 bits per heavy atom. The summed E-state index contributed by atoms with van der Waals surface area (Å²) in [5.74, 6) is 1.14. The fraction of sp³-hybridized carbons (Fsp3) is 0.323. The number of hydrogen-bond acceptors (Lipinski definition) is 7. The normalized spacial score (nSPS) is 15.3. The van der Waals surface area contributed by atoms with Crippen LogP contribution in [0.4, 0.5) is 0 Å². The molecule has 9 nitrogen and oxygen atoms in total. The molecule has 0 unspecified atom stereocenters. The number of benzene rings is 1. The average Bonchev–Trinajstić information content (AvgIpc) is 3.61. The molecule has 7 rings (SSSR count). The van der Waals surface area contributed by atoms with Gasteiger partial charge in [-0.3, -0.25) is 4.98 Å². The molecule has 0 aliphatic carbocycles. The maximum Gasteiger partial charge on any atom is 0.143 e. The number of aromatic nitrogens is 7. The summed E-state index contributed by atoms with van der Waals surface area (Å²) in [5.41, 5.74) is 9.53. The summed E-state index contributed by atoms with van der Waals surface area (Å²) in [5, 5.41) is 13.7. The Balaban J connectivity index is 1.56. The van der Waals surface area contributed by atoms with E-state index in [1.165, 1.54) is 5.56 Å². The molecule has 0 saturated carbocycles. The minimum absolute atomic E-state index is 0.0559. The predicted molar refractivity (Wildman–Crippen MR) is 153 cm³/mol. The third kappa shape index (κ3) is 3.92. The molecule has 0 amide bonds. The van der Waals surface area contributed by atoms with E-state index in [2.05, 4.69) is 68.6 Å². The Labute approximate surface area is 231 Å². The molecule has 1 aromatic carbocycles. The molecule has 1 atom stereocenters. The Hall–Kier alpha value is -4.37. The molecule has 0 bridgehead atoms. The Morgan fingerprint density at radius 2 is 1.77 bits per heavy atom. The van der Waals surface area contributed by atoms with Crippen LogP contribution in [0, 0.1) is 26.7 Å². The second-order valence-electron chi connectivity index (χ2n) is 10.7. The molecule has 6 heterocycles. The minimum atomic E-state index is 0.0559. The lowest BCUT2D eigenvalue weighted by atomic mass is 9.86. The average molecular weight is 534 g/mol. The highest BCUT2D eigenvalue weighted by Crippen LogP contribution is 2.41. The molecule has 0 radical (unpaired) electrons. The van der Waals surface area contributed by atoms with Crippen LogP contribution in [0.5, 0.6) is 0 Å². The van der Waals surface area contributed by atoms with E-state index in [0.717, 1.165) is 87.8 Å². The SMILES string of the molecule is Cc1noc(C)c1-c1ccc2c3ncc(-c4c(C)nnn4C)cc3n([C@H](c3ccccc3)C3CCOCC3)c2n1. The van der Waals surface area contributed by atoms with Gasteiger partial charge in [-0.2, -0.15) is 0 Å². The van der Waals surface area contributed by atoms with Crippen LogP contribution in [0.2, 0.25) is 0 Å². The molecule has 1 aliphatic rings. The third-order valence-corrected chi connectivity index (χ3v) is 8.18. The highest BCUT2D eigenvalue weighted by Gasteiger charge is 2.31. The van der Waals surface area contributed by atoms with Crippen LogP contribution in [-0.4, -0.2) is 47.9 Å². The first-order valence-corrected chi connectivity index (χ1v) is 13.7. The van der Waals surface area contributed by atoms with Crippen molar-refractivity contribution >= 4 is 22.1 Å². The first kappa shape index (κ1) is 24.7. The van der Waals surface area contributed by atoms with Gasteiger partial charge in [0.05, 0.1) is 45.4 Å². The van der Waals surface area contributed by atoms with Gasteiger partial charge in [0.1, 0.15) is 11.4 Å². The molecule has 1 fully saturated rings. The predicted octanol–water partition coefficient (Wildman–Crippen LogP) is 5.98. The van der Waals surface area contributed by atoms with Crippen LogP contribution in [0.15, 0.2) is 59.3 Å². The number of hydrogen-bond donors (Lipinski definition) is 0. The Kier molecular flexibility index (Phi) is 5.96. The lowest BCUT2D eigenvalue weighted by Gasteiger charge is -2.32. The first-order chi connectivity index (χ1) is 19.5. The quantitative estimate of drug-likeness (QED) is 0.269. The van der Waals surface area contributed by atoms with Crippen molar-refractivity contribution < 1.29 is 9.26 Å². The summed E-state index contributed by atoms with van der Waals surface area (Å²) in [4.78, 5) is 10.3. The number of rotatable bonds is 5. The van der Waals surface area contributed by atoms with E-state index in [1.807, 2.05) is 38.7 Å². The van der Waals surface area contributed by atoms with Crippen LogP contribution in [-0.2, 0) is 11.8 Å². The van der Waals surface area contributed by atoms with E-state index < -0.39 is 0 Å². The number of ether oxygens (including phenoxy) is 1. The van der Waals surface area contributed by atoms with Gasteiger partial charge in [0.25, 0.3) is 0 Å². The van der Waals surface area contributed by atoms with Crippen molar-refractivity contribution in [3.8, 4) is 22.5 Å². The van der Waals surface area contributed by atoms with Gasteiger partial charge in [-0.1, -0.05) is 40.7 Å². The van der Waals surface area contributed by atoms with E-state index >= 15 is 0 Å². The molecule has 9 heteroatoms. The molecule has 6 aromatic rings. The molecule has 1 aliphatic heterocycles. The van der Waals surface area contributed by atoms with Crippen LogP contribution in [0.3, 0.4) is 0 Å². The van der Waals surface area contributed by atoms with E-state index in [9.17, 15) is 0 Å². The summed E-state index contributed by atoms with van der Waals surface area (Å²) in [6, 6.07) is 17.2. The van der Waals surface area contributed by atoms with Gasteiger partial charge in [-0.05, 0) is 63.3 Å². The molecular formula is C31H31N7O2. The van der Waals surface area contributed by atoms with Gasteiger partial charge in [0, 0.05) is 37.4 Å². The van der Waals surface area contributed by atoms with Crippen molar-refractivity contribution in [3.05, 3.63) is 77.4 Å². The lowest BCUT2D eigenvalue weighted by Crippen LogP contribution is -2.27. The lowest BCUT2D eigenvalue weighted by molar-refractivity contribution is 0.0552. The van der Waals surface area contributed by atoms with Gasteiger partial charge in [-0.25, -0.2) is 9.67 Å². The standard InChI is InChI=1S/C31H31N7O2/c1-18-27(20(3)40-35-18)25-11-10-24-28-26(16-23(17-32-28)29-19(2)34-36-37(29)4)38(31(24)33-25)30(21-8-6-5-7-9-21)22-12-14-39-15-13-22/h5-11,16-17,22,30H,12-15H2,1-4H3/t30-/m1/s1. The van der Waals surface area contributed by atoms with Gasteiger partial charge in [0.2, 0.25) is 0 Å². The molecule has 1 saturated heterocycles. The van der Waals surface area contributed by atoms with Crippen molar-refractivity contribution in [2.75, 3.05) is 13.2 Å². The topological polar surface area (TPSA) is 96.7 Å². The highest BCUT2D eigenvalue weighted by atomic mass is 16.5. The second kappa shape index (κ2) is 9.67. The van der Waals surface area contributed by atoms with Crippen molar-refractivity contribution in [2.45, 2.75) is 39.7 Å². The van der Waals surface area contributed by atoms with Crippen LogP contribution in [0.1, 0.15) is 41.6 Å². The smallest absolute Gasteiger partial charge is 0.143 e. The van der Waals surface area contributed by atoms with E-state index in [1.54, 1.807) is 0 Å². The zero-order chi connectivity index (χ0) is 27.4.